The van der Waals surface area contributed by atoms with Gasteiger partial charge in [-0.15, -0.1) is 0 Å². The molecule has 0 saturated carbocycles. The monoisotopic (exact) mass is 294 g/mol. The number of carboxylic acids is 1. The van der Waals surface area contributed by atoms with Crippen LogP contribution in [0.4, 0.5) is 11.6 Å². The Balaban J connectivity index is 2.06. The second-order valence-corrected chi connectivity index (χ2v) is 5.32. The van der Waals surface area contributed by atoms with Crippen LogP contribution in [0.2, 0.25) is 0 Å². The number of hydrogen-bond donors (Lipinski definition) is 1. The normalized spacial score (nSPS) is 17.5. The molecular weight excluding hydrogens is 276 g/mol. The highest BCUT2D eigenvalue weighted by Gasteiger charge is 2.41. The molecule has 2 heterocycles. The number of piperidine rings is 1. The molecule has 0 radical (unpaired) electrons. The molecule has 0 spiro atoms. The Labute approximate surface area is 122 Å². The Hall–Kier alpha value is -2.25. The zero-order chi connectivity index (χ0) is 15.5. The van der Waals surface area contributed by atoms with Crippen molar-refractivity contribution in [1.82, 2.24) is 9.97 Å². The maximum absolute atomic E-state index is 11.5. The standard InChI is InChI=1S/C13H18N4O4/c1-2-3-13(11(18)19)4-6-16(7-5-13)12-14-8-10(9-15-12)17(20)21/h8-9H,2-7H2,1H3,(H,18,19). The van der Waals surface area contributed by atoms with E-state index in [1.54, 1.807) is 0 Å². The molecule has 1 aromatic rings. The molecular formula is C13H18N4O4. The minimum atomic E-state index is -0.742. The fourth-order valence-electron chi connectivity index (χ4n) is 2.76. The van der Waals surface area contributed by atoms with Crippen LogP contribution in [-0.4, -0.2) is 39.1 Å². The van der Waals surface area contributed by atoms with E-state index in [-0.39, 0.29) is 5.69 Å². The second-order valence-electron chi connectivity index (χ2n) is 5.32. The Morgan fingerprint density at radius 3 is 2.43 bits per heavy atom. The zero-order valence-electron chi connectivity index (χ0n) is 11.9. The van der Waals surface area contributed by atoms with Crippen LogP contribution in [0.15, 0.2) is 12.4 Å². The molecule has 21 heavy (non-hydrogen) atoms. The van der Waals surface area contributed by atoms with Crippen molar-refractivity contribution in [2.75, 3.05) is 18.0 Å². The lowest BCUT2D eigenvalue weighted by molar-refractivity contribution is -0.385. The van der Waals surface area contributed by atoms with Crippen molar-refractivity contribution in [3.63, 3.8) is 0 Å². The lowest BCUT2D eigenvalue weighted by Gasteiger charge is -2.38. The van der Waals surface area contributed by atoms with E-state index < -0.39 is 16.3 Å². The molecule has 0 aromatic carbocycles. The molecule has 1 N–H and O–H groups in total. The van der Waals surface area contributed by atoms with E-state index in [1.807, 2.05) is 11.8 Å². The number of aliphatic carboxylic acids is 1. The van der Waals surface area contributed by atoms with Gasteiger partial charge in [-0.05, 0) is 19.3 Å². The Morgan fingerprint density at radius 2 is 2.00 bits per heavy atom. The van der Waals surface area contributed by atoms with E-state index >= 15 is 0 Å². The molecule has 2 rings (SSSR count). The van der Waals surface area contributed by atoms with E-state index in [4.69, 9.17) is 0 Å². The molecule has 1 aliphatic heterocycles. The highest BCUT2D eigenvalue weighted by Crippen LogP contribution is 2.37. The van der Waals surface area contributed by atoms with Crippen molar-refractivity contribution in [2.24, 2.45) is 5.41 Å². The van der Waals surface area contributed by atoms with Crippen molar-refractivity contribution in [3.05, 3.63) is 22.5 Å². The molecule has 0 amide bonds. The van der Waals surface area contributed by atoms with Gasteiger partial charge in [0.05, 0.1) is 10.3 Å². The summed E-state index contributed by atoms with van der Waals surface area (Å²) in [5, 5.41) is 20.0. The van der Waals surface area contributed by atoms with Crippen LogP contribution in [0.1, 0.15) is 32.6 Å². The minimum absolute atomic E-state index is 0.151. The van der Waals surface area contributed by atoms with Gasteiger partial charge in [0, 0.05) is 13.1 Å². The zero-order valence-corrected chi connectivity index (χ0v) is 11.9. The van der Waals surface area contributed by atoms with Gasteiger partial charge in [-0.2, -0.15) is 0 Å². The maximum atomic E-state index is 11.5. The third-order valence-electron chi connectivity index (χ3n) is 4.02. The summed E-state index contributed by atoms with van der Waals surface area (Å²) in [7, 11) is 0. The SMILES string of the molecule is CCCC1(C(=O)O)CCN(c2ncc([N+](=O)[O-])cn2)CC1. The lowest BCUT2D eigenvalue weighted by Crippen LogP contribution is -2.45. The van der Waals surface area contributed by atoms with E-state index in [9.17, 15) is 20.0 Å². The topological polar surface area (TPSA) is 109 Å². The Morgan fingerprint density at radius 1 is 1.43 bits per heavy atom. The number of hydrogen-bond acceptors (Lipinski definition) is 6. The first-order chi connectivity index (χ1) is 9.98. The van der Waals surface area contributed by atoms with Gasteiger partial charge in [-0.25, -0.2) is 9.97 Å². The summed E-state index contributed by atoms with van der Waals surface area (Å²) in [6.07, 6.45) is 4.92. The van der Waals surface area contributed by atoms with Gasteiger partial charge >= 0.3 is 11.7 Å². The lowest BCUT2D eigenvalue weighted by atomic mass is 9.75. The highest BCUT2D eigenvalue weighted by molar-refractivity contribution is 5.75. The molecule has 0 unspecified atom stereocenters. The van der Waals surface area contributed by atoms with Crippen LogP contribution in [0.3, 0.4) is 0 Å². The summed E-state index contributed by atoms with van der Waals surface area (Å²) < 4.78 is 0. The molecule has 8 nitrogen and oxygen atoms in total. The molecule has 0 aliphatic carbocycles. The number of aromatic nitrogens is 2. The number of rotatable bonds is 5. The maximum Gasteiger partial charge on any atom is 0.309 e. The van der Waals surface area contributed by atoms with Crippen LogP contribution in [0.25, 0.3) is 0 Å². The van der Waals surface area contributed by atoms with Crippen molar-refractivity contribution in [2.45, 2.75) is 32.6 Å². The number of carboxylic acid groups (broad SMARTS) is 1. The summed E-state index contributed by atoms with van der Waals surface area (Å²) in [6.45, 7) is 3.07. The van der Waals surface area contributed by atoms with Crippen LogP contribution >= 0.6 is 0 Å². The van der Waals surface area contributed by atoms with Gasteiger partial charge in [0.25, 0.3) is 0 Å². The predicted molar refractivity (Wildman–Crippen MR) is 75.1 cm³/mol. The summed E-state index contributed by atoms with van der Waals surface area (Å²) in [5.41, 5.74) is -0.812. The molecule has 0 atom stereocenters. The van der Waals surface area contributed by atoms with Crippen LogP contribution in [-0.2, 0) is 4.79 Å². The van der Waals surface area contributed by atoms with Crippen molar-refractivity contribution < 1.29 is 14.8 Å². The summed E-state index contributed by atoms with van der Waals surface area (Å²) >= 11 is 0. The molecule has 8 heteroatoms. The van der Waals surface area contributed by atoms with Crippen molar-refractivity contribution >= 4 is 17.6 Å². The van der Waals surface area contributed by atoms with Gasteiger partial charge in [-0.1, -0.05) is 13.3 Å². The first-order valence-electron chi connectivity index (χ1n) is 6.93. The fourth-order valence-corrected chi connectivity index (χ4v) is 2.76. The van der Waals surface area contributed by atoms with E-state index in [1.165, 1.54) is 12.4 Å². The predicted octanol–water partition coefficient (Wildman–Crippen LogP) is 1.86. The van der Waals surface area contributed by atoms with Gasteiger partial charge in [-0.3, -0.25) is 14.9 Å². The molecule has 1 aromatic heterocycles. The summed E-state index contributed by atoms with van der Waals surface area (Å²) in [6, 6.07) is 0. The number of nitrogens with zero attached hydrogens (tertiary/aromatic N) is 4. The number of carbonyl (C=O) groups is 1. The fraction of sp³-hybridized carbons (Fsp3) is 0.615. The van der Waals surface area contributed by atoms with Crippen molar-refractivity contribution in [3.8, 4) is 0 Å². The van der Waals surface area contributed by atoms with Crippen LogP contribution in [0, 0.1) is 15.5 Å². The Kier molecular flexibility index (Phi) is 4.35. The van der Waals surface area contributed by atoms with Gasteiger partial charge in [0.2, 0.25) is 5.95 Å². The summed E-state index contributed by atoms with van der Waals surface area (Å²) in [4.78, 5) is 31.4. The molecule has 1 saturated heterocycles. The van der Waals surface area contributed by atoms with Crippen molar-refractivity contribution in [1.29, 1.82) is 0 Å². The third-order valence-corrected chi connectivity index (χ3v) is 4.02. The van der Waals surface area contributed by atoms with E-state index in [0.717, 1.165) is 6.42 Å². The smallest absolute Gasteiger partial charge is 0.309 e. The molecule has 1 fully saturated rings. The molecule has 0 bridgehead atoms. The number of nitro groups is 1. The minimum Gasteiger partial charge on any atom is -0.481 e. The third kappa shape index (κ3) is 3.09. The summed E-state index contributed by atoms with van der Waals surface area (Å²) in [5.74, 6) is -0.329. The van der Waals surface area contributed by atoms with Gasteiger partial charge < -0.3 is 10.0 Å². The van der Waals surface area contributed by atoms with Crippen LogP contribution in [0.5, 0.6) is 0 Å². The number of anilines is 1. The Bertz CT molecular complexity index is 523. The second kappa shape index (κ2) is 6.02. The quantitative estimate of drug-likeness (QED) is 0.651. The molecule has 114 valence electrons. The highest BCUT2D eigenvalue weighted by atomic mass is 16.6. The van der Waals surface area contributed by atoms with E-state index in [2.05, 4.69) is 9.97 Å². The average Bonchev–Trinajstić information content (AvgIpc) is 2.48. The molecule has 1 aliphatic rings. The first-order valence-corrected chi connectivity index (χ1v) is 6.93. The first kappa shape index (κ1) is 15.1. The largest absolute Gasteiger partial charge is 0.481 e. The van der Waals surface area contributed by atoms with Gasteiger partial charge in [0.15, 0.2) is 0 Å². The van der Waals surface area contributed by atoms with Crippen LogP contribution < -0.4 is 4.90 Å². The van der Waals surface area contributed by atoms with E-state index in [0.29, 0.717) is 38.3 Å². The average molecular weight is 294 g/mol. The van der Waals surface area contributed by atoms with Gasteiger partial charge in [0.1, 0.15) is 12.4 Å².